The number of rotatable bonds is 6. The third-order valence-electron chi connectivity index (χ3n) is 5.35. The number of thiazole rings is 1. The Bertz CT molecular complexity index is 1150. The van der Waals surface area contributed by atoms with Crippen LogP contribution in [0.1, 0.15) is 41.0 Å². The zero-order chi connectivity index (χ0) is 22.7. The number of aromatic nitrogens is 2. The van der Waals surface area contributed by atoms with E-state index in [1.165, 1.54) is 11.3 Å². The maximum Gasteiger partial charge on any atom is 0.263 e. The van der Waals surface area contributed by atoms with Crippen molar-refractivity contribution in [3.8, 4) is 0 Å². The fraction of sp³-hybridized carbons (Fsp3) is 0.375. The number of hydrogen-bond acceptors (Lipinski definition) is 6. The van der Waals surface area contributed by atoms with Crippen LogP contribution < -0.4 is 10.9 Å². The van der Waals surface area contributed by atoms with Gasteiger partial charge in [-0.3, -0.25) is 19.8 Å². The van der Waals surface area contributed by atoms with Gasteiger partial charge in [-0.25, -0.2) is 4.98 Å². The van der Waals surface area contributed by atoms with Gasteiger partial charge in [0.05, 0.1) is 24.4 Å². The predicted octanol–water partition coefficient (Wildman–Crippen LogP) is 3.52. The SMILES string of the molecule is Cc1cccc(Cn2cccc(C(=O)Nc3nc(CN4CC(C)OC(C)C4)cs3)c2=O)c1. The molecule has 0 aliphatic carbocycles. The molecule has 2 atom stereocenters. The van der Waals surface area contributed by atoms with Crippen LogP contribution in [0.4, 0.5) is 5.13 Å². The van der Waals surface area contributed by atoms with Gasteiger partial charge >= 0.3 is 0 Å². The number of carbonyl (C=O) groups is 1. The van der Waals surface area contributed by atoms with E-state index < -0.39 is 5.91 Å². The standard InChI is InChI=1S/C24H28N4O3S/c1-16-6-4-7-19(10-16)13-28-9-5-8-21(23(28)30)22(29)26-24-25-20(15-32-24)14-27-11-17(2)31-18(3)12-27/h4-10,15,17-18H,11-14H2,1-3H3,(H,25,26,29). The maximum atomic E-state index is 12.9. The molecule has 1 saturated heterocycles. The van der Waals surface area contributed by atoms with Crippen molar-refractivity contribution in [3.63, 3.8) is 0 Å². The molecule has 0 bridgehead atoms. The van der Waals surface area contributed by atoms with Crippen LogP contribution in [-0.2, 0) is 17.8 Å². The summed E-state index contributed by atoms with van der Waals surface area (Å²) in [7, 11) is 0. The summed E-state index contributed by atoms with van der Waals surface area (Å²) in [6.45, 7) is 8.99. The first-order valence-corrected chi connectivity index (χ1v) is 11.6. The summed E-state index contributed by atoms with van der Waals surface area (Å²) in [5.74, 6) is -0.442. The van der Waals surface area contributed by atoms with Gasteiger partial charge in [0, 0.05) is 31.2 Å². The molecule has 2 aromatic heterocycles. The molecule has 0 saturated carbocycles. The van der Waals surface area contributed by atoms with Crippen LogP contribution in [0, 0.1) is 6.92 Å². The van der Waals surface area contributed by atoms with Crippen molar-refractivity contribution in [3.05, 3.63) is 80.7 Å². The highest BCUT2D eigenvalue weighted by Crippen LogP contribution is 2.19. The molecule has 8 heteroatoms. The van der Waals surface area contributed by atoms with Gasteiger partial charge in [0.2, 0.25) is 0 Å². The van der Waals surface area contributed by atoms with E-state index in [1.807, 2.05) is 36.6 Å². The highest BCUT2D eigenvalue weighted by molar-refractivity contribution is 7.13. The number of nitrogens with one attached hydrogen (secondary N) is 1. The van der Waals surface area contributed by atoms with Gasteiger partial charge in [-0.15, -0.1) is 11.3 Å². The van der Waals surface area contributed by atoms with E-state index in [1.54, 1.807) is 22.9 Å². The third kappa shape index (κ3) is 5.51. The zero-order valence-electron chi connectivity index (χ0n) is 18.6. The number of ether oxygens (including phenoxy) is 1. The van der Waals surface area contributed by atoms with Crippen molar-refractivity contribution in [2.45, 2.75) is 46.1 Å². The van der Waals surface area contributed by atoms with Crippen LogP contribution in [0.15, 0.2) is 52.8 Å². The van der Waals surface area contributed by atoms with Crippen LogP contribution in [0.5, 0.6) is 0 Å². The smallest absolute Gasteiger partial charge is 0.263 e. The van der Waals surface area contributed by atoms with E-state index in [-0.39, 0.29) is 23.3 Å². The molecule has 1 fully saturated rings. The van der Waals surface area contributed by atoms with Crippen LogP contribution >= 0.6 is 11.3 Å². The zero-order valence-corrected chi connectivity index (χ0v) is 19.4. The Balaban J connectivity index is 1.43. The fourth-order valence-electron chi connectivity index (χ4n) is 4.09. The number of pyridine rings is 1. The molecule has 0 spiro atoms. The molecular weight excluding hydrogens is 424 g/mol. The number of benzene rings is 1. The first-order chi connectivity index (χ1) is 15.4. The summed E-state index contributed by atoms with van der Waals surface area (Å²) in [6.07, 6.45) is 2.08. The average Bonchev–Trinajstić information content (AvgIpc) is 3.15. The van der Waals surface area contributed by atoms with Gasteiger partial charge in [0.15, 0.2) is 5.13 Å². The van der Waals surface area contributed by atoms with Crippen LogP contribution in [0.3, 0.4) is 0 Å². The van der Waals surface area contributed by atoms with Crippen molar-refractivity contribution in [2.24, 2.45) is 0 Å². The van der Waals surface area contributed by atoms with Crippen molar-refractivity contribution in [1.29, 1.82) is 0 Å². The second-order valence-corrected chi connectivity index (χ2v) is 9.25. The number of hydrogen-bond donors (Lipinski definition) is 1. The molecule has 1 N–H and O–H groups in total. The predicted molar refractivity (Wildman–Crippen MR) is 126 cm³/mol. The van der Waals surface area contributed by atoms with Gasteiger partial charge < -0.3 is 9.30 Å². The molecule has 4 rings (SSSR count). The first kappa shape index (κ1) is 22.4. The third-order valence-corrected chi connectivity index (χ3v) is 6.16. The Labute approximate surface area is 191 Å². The maximum absolute atomic E-state index is 12.9. The van der Waals surface area contributed by atoms with E-state index in [0.717, 1.165) is 29.9 Å². The Morgan fingerprint density at radius 2 is 1.97 bits per heavy atom. The second kappa shape index (κ2) is 9.77. The number of carbonyl (C=O) groups excluding carboxylic acids is 1. The lowest BCUT2D eigenvalue weighted by atomic mass is 10.1. The van der Waals surface area contributed by atoms with Gasteiger partial charge in [0.1, 0.15) is 5.56 Å². The molecule has 0 radical (unpaired) electrons. The summed E-state index contributed by atoms with van der Waals surface area (Å²) >= 11 is 1.37. The molecule has 1 amide bonds. The Kier molecular flexibility index (Phi) is 6.83. The van der Waals surface area contributed by atoms with Gasteiger partial charge in [-0.2, -0.15) is 0 Å². The first-order valence-electron chi connectivity index (χ1n) is 10.8. The average molecular weight is 453 g/mol. The Morgan fingerprint density at radius 3 is 2.72 bits per heavy atom. The number of morpholine rings is 1. The van der Waals surface area contributed by atoms with Crippen LogP contribution in [0.2, 0.25) is 0 Å². The van der Waals surface area contributed by atoms with Crippen LogP contribution in [-0.4, -0.2) is 45.7 Å². The quantitative estimate of drug-likeness (QED) is 0.619. The van der Waals surface area contributed by atoms with Crippen molar-refractivity contribution in [2.75, 3.05) is 18.4 Å². The van der Waals surface area contributed by atoms with Crippen molar-refractivity contribution >= 4 is 22.4 Å². The summed E-state index contributed by atoms with van der Waals surface area (Å²) in [6, 6.07) is 11.3. The summed E-state index contributed by atoms with van der Waals surface area (Å²) in [4.78, 5) is 32.5. The second-order valence-electron chi connectivity index (χ2n) is 8.39. The molecule has 7 nitrogen and oxygen atoms in total. The molecule has 3 aromatic rings. The van der Waals surface area contributed by atoms with Gasteiger partial charge in [-0.05, 0) is 38.5 Å². The molecule has 1 aliphatic heterocycles. The number of aryl methyl sites for hydroxylation is 1. The molecule has 3 heterocycles. The molecule has 2 unspecified atom stereocenters. The monoisotopic (exact) mass is 452 g/mol. The Hall–Kier alpha value is -2.81. The topological polar surface area (TPSA) is 76.5 Å². The lowest BCUT2D eigenvalue weighted by molar-refractivity contribution is -0.0707. The highest BCUT2D eigenvalue weighted by atomic mass is 32.1. The van der Waals surface area contributed by atoms with E-state index in [4.69, 9.17) is 4.74 Å². The van der Waals surface area contributed by atoms with E-state index in [9.17, 15) is 9.59 Å². The highest BCUT2D eigenvalue weighted by Gasteiger charge is 2.23. The largest absolute Gasteiger partial charge is 0.373 e. The molecule has 168 valence electrons. The van der Waals surface area contributed by atoms with Gasteiger partial charge in [0.25, 0.3) is 11.5 Å². The summed E-state index contributed by atoms with van der Waals surface area (Å²) in [5, 5.41) is 5.23. The lowest BCUT2D eigenvalue weighted by Gasteiger charge is -2.34. The number of amides is 1. The minimum Gasteiger partial charge on any atom is -0.373 e. The lowest BCUT2D eigenvalue weighted by Crippen LogP contribution is -2.44. The minimum atomic E-state index is -0.442. The Morgan fingerprint density at radius 1 is 1.19 bits per heavy atom. The fourth-order valence-corrected chi connectivity index (χ4v) is 4.78. The minimum absolute atomic E-state index is 0.104. The number of anilines is 1. The van der Waals surface area contributed by atoms with E-state index in [2.05, 4.69) is 29.0 Å². The molecular formula is C24H28N4O3S. The normalized spacial score (nSPS) is 19.1. The molecule has 1 aliphatic rings. The molecule has 1 aromatic carbocycles. The van der Waals surface area contributed by atoms with Crippen molar-refractivity contribution in [1.82, 2.24) is 14.5 Å². The van der Waals surface area contributed by atoms with Crippen LogP contribution in [0.25, 0.3) is 0 Å². The number of nitrogens with zero attached hydrogens (tertiary/aromatic N) is 3. The van der Waals surface area contributed by atoms with E-state index >= 15 is 0 Å². The summed E-state index contributed by atoms with van der Waals surface area (Å²) < 4.78 is 7.33. The summed E-state index contributed by atoms with van der Waals surface area (Å²) in [5.41, 5.74) is 2.83. The van der Waals surface area contributed by atoms with Crippen molar-refractivity contribution < 1.29 is 9.53 Å². The van der Waals surface area contributed by atoms with Gasteiger partial charge in [-0.1, -0.05) is 29.8 Å². The molecule has 32 heavy (non-hydrogen) atoms. The van der Waals surface area contributed by atoms with E-state index in [0.29, 0.717) is 18.2 Å².